The van der Waals surface area contributed by atoms with Gasteiger partial charge >= 0.3 is 0 Å². The van der Waals surface area contributed by atoms with Crippen LogP contribution in [-0.2, 0) is 16.6 Å². The third-order valence-electron chi connectivity index (χ3n) is 8.33. The SMILES string of the molecule is CN(CC1CC1)C1CC[C@]23c4c5ccc(O)c4O[C@H]2C(=O)CCC3(O)[C@H]1C5. The van der Waals surface area contributed by atoms with E-state index in [2.05, 4.69) is 11.9 Å². The van der Waals surface area contributed by atoms with Crippen LogP contribution in [0.3, 0.4) is 0 Å². The Balaban J connectivity index is 1.52. The molecule has 1 aliphatic heterocycles. The van der Waals surface area contributed by atoms with Gasteiger partial charge in [0.05, 0.1) is 11.0 Å². The Labute approximate surface area is 159 Å². The van der Waals surface area contributed by atoms with E-state index in [4.69, 9.17) is 4.74 Å². The van der Waals surface area contributed by atoms with E-state index >= 15 is 0 Å². The number of nitrogens with zero attached hydrogens (tertiary/aromatic N) is 1. The van der Waals surface area contributed by atoms with Gasteiger partial charge in [-0.3, -0.25) is 4.79 Å². The van der Waals surface area contributed by atoms with Crippen LogP contribution < -0.4 is 4.74 Å². The van der Waals surface area contributed by atoms with Gasteiger partial charge in [-0.05, 0) is 63.1 Å². The Morgan fingerprint density at radius 1 is 1.26 bits per heavy atom. The molecule has 27 heavy (non-hydrogen) atoms. The molecule has 1 spiro atoms. The minimum absolute atomic E-state index is 0.0756. The van der Waals surface area contributed by atoms with Crippen LogP contribution in [0.2, 0.25) is 0 Å². The molecular formula is C22H27NO4. The molecule has 5 aliphatic rings. The highest BCUT2D eigenvalue weighted by Crippen LogP contribution is 2.67. The minimum atomic E-state index is -0.932. The number of hydrogen-bond acceptors (Lipinski definition) is 5. The second-order valence-corrected chi connectivity index (χ2v) is 9.61. The minimum Gasteiger partial charge on any atom is -0.504 e. The molecule has 1 heterocycles. The van der Waals surface area contributed by atoms with Gasteiger partial charge in [0.15, 0.2) is 23.4 Å². The van der Waals surface area contributed by atoms with E-state index in [9.17, 15) is 15.0 Å². The predicted molar refractivity (Wildman–Crippen MR) is 99.0 cm³/mol. The first-order valence-corrected chi connectivity index (χ1v) is 10.4. The lowest BCUT2D eigenvalue weighted by Gasteiger charge is -2.62. The Hall–Kier alpha value is -1.59. The molecule has 5 atom stereocenters. The van der Waals surface area contributed by atoms with E-state index in [1.807, 2.05) is 6.07 Å². The number of carbonyl (C=O) groups is 1. The zero-order chi connectivity index (χ0) is 18.6. The Bertz CT molecular complexity index is 849. The molecule has 0 aromatic heterocycles. The molecule has 144 valence electrons. The molecule has 0 saturated heterocycles. The van der Waals surface area contributed by atoms with E-state index in [-0.39, 0.29) is 17.5 Å². The first kappa shape index (κ1) is 16.4. The summed E-state index contributed by atoms with van der Waals surface area (Å²) in [6, 6.07) is 4.01. The number of aromatic hydroxyl groups is 1. The highest BCUT2D eigenvalue weighted by atomic mass is 16.5. The van der Waals surface area contributed by atoms with Crippen molar-refractivity contribution in [1.29, 1.82) is 0 Å². The summed E-state index contributed by atoms with van der Waals surface area (Å²) < 4.78 is 6.08. The highest BCUT2D eigenvalue weighted by molar-refractivity contribution is 5.89. The van der Waals surface area contributed by atoms with Crippen molar-refractivity contribution < 1.29 is 19.7 Å². The van der Waals surface area contributed by atoms with Crippen molar-refractivity contribution >= 4 is 5.78 Å². The van der Waals surface area contributed by atoms with Crippen LogP contribution >= 0.6 is 0 Å². The topological polar surface area (TPSA) is 70.0 Å². The summed E-state index contributed by atoms with van der Waals surface area (Å²) >= 11 is 0. The smallest absolute Gasteiger partial charge is 0.174 e. The molecule has 5 heteroatoms. The van der Waals surface area contributed by atoms with Crippen LogP contribution in [0.4, 0.5) is 0 Å². The predicted octanol–water partition coefficient (Wildman–Crippen LogP) is 2.16. The van der Waals surface area contributed by atoms with Crippen molar-refractivity contribution in [3.63, 3.8) is 0 Å². The van der Waals surface area contributed by atoms with E-state index in [0.717, 1.165) is 42.9 Å². The fourth-order valence-electron chi connectivity index (χ4n) is 6.99. The summed E-state index contributed by atoms with van der Waals surface area (Å²) in [5.41, 5.74) is 0.478. The van der Waals surface area contributed by atoms with Crippen molar-refractivity contribution in [2.75, 3.05) is 13.6 Å². The number of aliphatic hydroxyl groups is 1. The van der Waals surface area contributed by atoms with Crippen LogP contribution in [-0.4, -0.2) is 52.2 Å². The van der Waals surface area contributed by atoms with Crippen LogP contribution in [0, 0.1) is 11.8 Å². The fourth-order valence-corrected chi connectivity index (χ4v) is 6.99. The summed E-state index contributed by atoms with van der Waals surface area (Å²) in [5.74, 6) is 1.55. The van der Waals surface area contributed by atoms with Gasteiger partial charge in [0.25, 0.3) is 0 Å². The quantitative estimate of drug-likeness (QED) is 0.855. The molecule has 2 N–H and O–H groups in total. The normalized spacial score (nSPS) is 41.4. The number of carbonyl (C=O) groups excluding carboxylic acids is 1. The molecule has 4 aliphatic carbocycles. The van der Waals surface area contributed by atoms with Gasteiger partial charge in [0.1, 0.15) is 0 Å². The third kappa shape index (κ3) is 1.85. The molecule has 0 radical (unpaired) electrons. The number of rotatable bonds is 3. The molecule has 3 fully saturated rings. The average Bonchev–Trinajstić information content (AvgIpc) is 3.36. The monoisotopic (exact) mass is 369 g/mol. The van der Waals surface area contributed by atoms with Gasteiger partial charge in [-0.1, -0.05) is 6.07 Å². The van der Waals surface area contributed by atoms with Crippen molar-refractivity contribution in [3.8, 4) is 11.5 Å². The maximum absolute atomic E-state index is 12.8. The average molecular weight is 369 g/mol. The number of hydrogen-bond donors (Lipinski definition) is 2. The van der Waals surface area contributed by atoms with Crippen LogP contribution in [0.1, 0.15) is 49.7 Å². The van der Waals surface area contributed by atoms with E-state index in [1.165, 1.54) is 12.8 Å². The van der Waals surface area contributed by atoms with Crippen molar-refractivity contribution in [3.05, 3.63) is 23.3 Å². The molecule has 3 saturated carbocycles. The number of Topliss-reactive ketones (excluding diaryl/α,β-unsaturated/α-hetero) is 1. The number of phenolic OH excluding ortho intramolecular Hbond substituents is 1. The summed E-state index contributed by atoms with van der Waals surface area (Å²) in [5, 5.41) is 22.5. The van der Waals surface area contributed by atoms with Gasteiger partial charge in [0, 0.05) is 30.5 Å². The first-order chi connectivity index (χ1) is 13.0. The largest absolute Gasteiger partial charge is 0.504 e. The van der Waals surface area contributed by atoms with Gasteiger partial charge in [-0.15, -0.1) is 0 Å². The van der Waals surface area contributed by atoms with E-state index in [0.29, 0.717) is 24.6 Å². The molecular weight excluding hydrogens is 342 g/mol. The maximum Gasteiger partial charge on any atom is 0.174 e. The van der Waals surface area contributed by atoms with Crippen LogP contribution in [0.5, 0.6) is 11.5 Å². The molecule has 1 aromatic carbocycles. The Morgan fingerprint density at radius 2 is 2.07 bits per heavy atom. The van der Waals surface area contributed by atoms with Crippen molar-refractivity contribution in [1.82, 2.24) is 4.90 Å². The van der Waals surface area contributed by atoms with Gasteiger partial charge < -0.3 is 19.8 Å². The van der Waals surface area contributed by atoms with E-state index < -0.39 is 17.1 Å². The second kappa shape index (κ2) is 5.06. The third-order valence-corrected chi connectivity index (χ3v) is 8.33. The standard InChI is InChI=1S/C22H27NO4/c1-23(11-12-2-3-12)15-6-8-21-18-13-4-5-16(24)19(18)27-20(21)17(25)7-9-22(21,26)14(15)10-13/h4-5,12,14-15,20,24,26H,2-3,6-11H2,1H3/t14-,15?,20-,21-,22?/m0/s1. The zero-order valence-corrected chi connectivity index (χ0v) is 15.8. The number of ketones is 1. The maximum atomic E-state index is 12.8. The Morgan fingerprint density at radius 3 is 2.85 bits per heavy atom. The van der Waals surface area contributed by atoms with Crippen molar-refractivity contribution in [2.45, 2.75) is 68.1 Å². The lowest BCUT2D eigenvalue weighted by molar-refractivity contribution is -0.190. The summed E-state index contributed by atoms with van der Waals surface area (Å²) in [4.78, 5) is 15.3. The molecule has 6 rings (SSSR count). The van der Waals surface area contributed by atoms with Gasteiger partial charge in [-0.2, -0.15) is 0 Å². The fraction of sp³-hybridized carbons (Fsp3) is 0.682. The number of ether oxygens (including phenoxy) is 1. The molecule has 2 unspecified atom stereocenters. The highest BCUT2D eigenvalue weighted by Gasteiger charge is 2.73. The lowest BCUT2D eigenvalue weighted by atomic mass is 9.44. The summed E-state index contributed by atoms with van der Waals surface area (Å²) in [7, 11) is 2.21. The number of benzene rings is 1. The van der Waals surface area contributed by atoms with Gasteiger partial charge in [0.2, 0.25) is 0 Å². The Kier molecular flexibility index (Phi) is 3.07. The lowest BCUT2D eigenvalue weighted by Crippen LogP contribution is -2.73. The molecule has 5 nitrogen and oxygen atoms in total. The van der Waals surface area contributed by atoms with Crippen molar-refractivity contribution in [2.24, 2.45) is 11.8 Å². The van der Waals surface area contributed by atoms with E-state index in [1.54, 1.807) is 6.07 Å². The summed E-state index contributed by atoms with van der Waals surface area (Å²) in [6.07, 6.45) is 5.40. The van der Waals surface area contributed by atoms with Gasteiger partial charge in [-0.25, -0.2) is 0 Å². The first-order valence-electron chi connectivity index (χ1n) is 10.4. The molecule has 1 aromatic rings. The summed E-state index contributed by atoms with van der Waals surface area (Å²) in [6.45, 7) is 1.11. The van der Waals surface area contributed by atoms with Crippen LogP contribution in [0.15, 0.2) is 12.1 Å². The number of phenols is 1. The second-order valence-electron chi connectivity index (χ2n) is 9.61. The van der Waals surface area contributed by atoms with Crippen LogP contribution in [0.25, 0.3) is 0 Å². The molecule has 0 amide bonds. The molecule has 2 bridgehead atoms. The zero-order valence-electron chi connectivity index (χ0n) is 15.8.